The smallest absolute Gasteiger partial charge is 0.321 e. The molecule has 1 N–H and O–H groups in total. The van der Waals surface area contributed by atoms with Crippen molar-refractivity contribution in [3.05, 3.63) is 28.8 Å². The molecule has 6 heteroatoms. The summed E-state index contributed by atoms with van der Waals surface area (Å²) in [6.45, 7) is 8.04. The van der Waals surface area contributed by atoms with E-state index < -0.39 is 0 Å². The molecule has 3 rings (SSSR count). The molecule has 1 atom stereocenters. The Morgan fingerprint density at radius 2 is 1.92 bits per heavy atom. The van der Waals surface area contributed by atoms with Crippen molar-refractivity contribution in [2.45, 2.75) is 32.2 Å². The number of nitrogens with one attached hydrogen (secondary N) is 1. The Kier molecular flexibility index (Phi) is 6.20. The number of anilines is 1. The summed E-state index contributed by atoms with van der Waals surface area (Å²) in [6, 6.07) is 6.16. The quantitative estimate of drug-likeness (QED) is 0.875. The molecule has 2 heterocycles. The van der Waals surface area contributed by atoms with Crippen LogP contribution in [-0.2, 0) is 0 Å². The number of urea groups is 1. The van der Waals surface area contributed by atoms with E-state index in [2.05, 4.69) is 22.2 Å². The van der Waals surface area contributed by atoms with E-state index in [1.165, 1.54) is 12.8 Å². The minimum atomic E-state index is -0.0354. The average molecular weight is 365 g/mol. The van der Waals surface area contributed by atoms with Crippen molar-refractivity contribution in [3.63, 3.8) is 0 Å². The fraction of sp³-hybridized carbons (Fsp3) is 0.632. The van der Waals surface area contributed by atoms with Crippen molar-refractivity contribution in [2.24, 2.45) is 0 Å². The number of piperazine rings is 1. The molecule has 2 fully saturated rings. The molecule has 2 aliphatic rings. The molecule has 0 bridgehead atoms. The first-order valence-electron chi connectivity index (χ1n) is 9.27. The van der Waals surface area contributed by atoms with Gasteiger partial charge in [0.05, 0.1) is 10.7 Å². The number of hydrogen-bond acceptors (Lipinski definition) is 3. The van der Waals surface area contributed by atoms with E-state index in [1.807, 2.05) is 30.0 Å². The Bertz CT molecular complexity index is 601. The van der Waals surface area contributed by atoms with Crippen LogP contribution in [0.15, 0.2) is 18.2 Å². The molecule has 2 aliphatic heterocycles. The van der Waals surface area contributed by atoms with Crippen LogP contribution < -0.4 is 5.32 Å². The first kappa shape index (κ1) is 18.5. The highest BCUT2D eigenvalue weighted by Gasteiger charge is 2.28. The van der Waals surface area contributed by atoms with Crippen LogP contribution in [0.1, 0.15) is 24.8 Å². The summed E-state index contributed by atoms with van der Waals surface area (Å²) < 4.78 is 0. The third-order valence-electron chi connectivity index (χ3n) is 5.35. The van der Waals surface area contributed by atoms with E-state index in [0.29, 0.717) is 16.8 Å². The molecule has 0 aliphatic carbocycles. The topological polar surface area (TPSA) is 38.8 Å². The first-order chi connectivity index (χ1) is 12.0. The molecule has 0 unspecified atom stereocenters. The fourth-order valence-electron chi connectivity index (χ4n) is 3.70. The second kappa shape index (κ2) is 8.39. The number of rotatable bonds is 2. The number of likely N-dealkylation sites (N-methyl/N-ethyl adjacent to an activating group) is 1. The van der Waals surface area contributed by atoms with Gasteiger partial charge in [-0.1, -0.05) is 24.1 Å². The summed E-state index contributed by atoms with van der Waals surface area (Å²) in [6.07, 6.45) is 3.43. The maximum Gasteiger partial charge on any atom is 0.321 e. The Balaban J connectivity index is 1.62. The highest BCUT2D eigenvalue weighted by molar-refractivity contribution is 6.33. The van der Waals surface area contributed by atoms with E-state index >= 15 is 0 Å². The number of benzene rings is 1. The largest absolute Gasteiger partial charge is 0.323 e. The lowest BCUT2D eigenvalue weighted by molar-refractivity contribution is 0.0948. The SMILES string of the molecule is Cc1ccc(NC(=O)N2CCCC[C@H](N3CCN(C)CC3)C2)c(Cl)c1. The molecule has 2 amide bonds. The number of halogens is 1. The number of carbonyl (C=O) groups excluding carboxylic acids is 1. The molecule has 0 radical (unpaired) electrons. The Morgan fingerprint density at radius 3 is 2.64 bits per heavy atom. The summed E-state index contributed by atoms with van der Waals surface area (Å²) in [5, 5.41) is 3.59. The predicted molar refractivity (Wildman–Crippen MR) is 103 cm³/mol. The normalized spacial score (nSPS) is 23.3. The van der Waals surface area contributed by atoms with Crippen LogP contribution in [-0.4, -0.2) is 73.1 Å². The highest BCUT2D eigenvalue weighted by Crippen LogP contribution is 2.24. The van der Waals surface area contributed by atoms with Crippen molar-refractivity contribution in [2.75, 3.05) is 51.6 Å². The van der Waals surface area contributed by atoms with Crippen LogP contribution >= 0.6 is 11.6 Å². The second-order valence-electron chi connectivity index (χ2n) is 7.35. The van der Waals surface area contributed by atoms with Crippen molar-refractivity contribution < 1.29 is 4.79 Å². The van der Waals surface area contributed by atoms with Gasteiger partial charge in [-0.05, 0) is 44.5 Å². The van der Waals surface area contributed by atoms with E-state index in [4.69, 9.17) is 11.6 Å². The van der Waals surface area contributed by atoms with Crippen molar-refractivity contribution in [1.29, 1.82) is 0 Å². The molecule has 138 valence electrons. The predicted octanol–water partition coefficient (Wildman–Crippen LogP) is 3.28. The summed E-state index contributed by atoms with van der Waals surface area (Å²) >= 11 is 6.26. The maximum atomic E-state index is 12.8. The number of aryl methyl sites for hydroxylation is 1. The zero-order valence-electron chi connectivity index (χ0n) is 15.3. The van der Waals surface area contributed by atoms with E-state index in [9.17, 15) is 4.79 Å². The van der Waals surface area contributed by atoms with Crippen LogP contribution in [0.3, 0.4) is 0 Å². The molecule has 2 saturated heterocycles. The van der Waals surface area contributed by atoms with Gasteiger partial charge in [-0.2, -0.15) is 0 Å². The number of nitrogens with zero attached hydrogens (tertiary/aromatic N) is 3. The van der Waals surface area contributed by atoms with Crippen molar-refractivity contribution in [3.8, 4) is 0 Å². The van der Waals surface area contributed by atoms with E-state index in [-0.39, 0.29) is 6.03 Å². The van der Waals surface area contributed by atoms with Gasteiger partial charge in [-0.25, -0.2) is 4.79 Å². The molecule has 1 aromatic rings. The highest BCUT2D eigenvalue weighted by atomic mass is 35.5. The monoisotopic (exact) mass is 364 g/mol. The zero-order valence-corrected chi connectivity index (χ0v) is 16.1. The Labute approximate surface area is 155 Å². The standard InChI is InChI=1S/C19H29ClN4O/c1-15-6-7-18(17(20)13-15)21-19(25)24-8-4-3-5-16(14-24)23-11-9-22(2)10-12-23/h6-7,13,16H,3-5,8-12,14H2,1-2H3,(H,21,25)/t16-/m0/s1. The van der Waals surface area contributed by atoms with Gasteiger partial charge in [0.2, 0.25) is 0 Å². The van der Waals surface area contributed by atoms with Crippen molar-refractivity contribution in [1.82, 2.24) is 14.7 Å². The Hall–Kier alpha value is -1.30. The van der Waals surface area contributed by atoms with Gasteiger partial charge >= 0.3 is 6.03 Å². The van der Waals surface area contributed by atoms with E-state index in [1.54, 1.807) is 0 Å². The summed E-state index contributed by atoms with van der Waals surface area (Å²) in [5.41, 5.74) is 1.78. The lowest BCUT2D eigenvalue weighted by Gasteiger charge is -2.39. The zero-order chi connectivity index (χ0) is 17.8. The van der Waals surface area contributed by atoms with Gasteiger partial charge in [-0.3, -0.25) is 4.90 Å². The molecular weight excluding hydrogens is 336 g/mol. The second-order valence-corrected chi connectivity index (χ2v) is 7.76. The van der Waals surface area contributed by atoms with Crippen LogP contribution in [0.25, 0.3) is 0 Å². The summed E-state index contributed by atoms with van der Waals surface area (Å²) in [7, 11) is 2.18. The third-order valence-corrected chi connectivity index (χ3v) is 5.67. The minimum Gasteiger partial charge on any atom is -0.323 e. The molecule has 5 nitrogen and oxygen atoms in total. The minimum absolute atomic E-state index is 0.0354. The molecule has 0 spiro atoms. The summed E-state index contributed by atoms with van der Waals surface area (Å²) in [5.74, 6) is 0. The maximum absolute atomic E-state index is 12.8. The van der Waals surface area contributed by atoms with Gasteiger partial charge < -0.3 is 15.1 Å². The number of hydrogen-bond donors (Lipinski definition) is 1. The van der Waals surface area contributed by atoms with Gasteiger partial charge in [0.1, 0.15) is 0 Å². The summed E-state index contributed by atoms with van der Waals surface area (Å²) in [4.78, 5) is 19.7. The van der Waals surface area contributed by atoms with Crippen LogP contribution in [0.4, 0.5) is 10.5 Å². The van der Waals surface area contributed by atoms with Crippen LogP contribution in [0.2, 0.25) is 5.02 Å². The van der Waals surface area contributed by atoms with Gasteiger partial charge in [0, 0.05) is 45.3 Å². The van der Waals surface area contributed by atoms with E-state index in [0.717, 1.165) is 51.3 Å². The van der Waals surface area contributed by atoms with Crippen molar-refractivity contribution >= 4 is 23.3 Å². The molecule has 1 aromatic carbocycles. The Morgan fingerprint density at radius 1 is 1.16 bits per heavy atom. The average Bonchev–Trinajstić information content (AvgIpc) is 2.84. The molecule has 25 heavy (non-hydrogen) atoms. The fourth-order valence-corrected chi connectivity index (χ4v) is 3.99. The molecular formula is C19H29ClN4O. The lowest BCUT2D eigenvalue weighted by atomic mass is 10.1. The number of carbonyl (C=O) groups is 1. The number of amides is 2. The third kappa shape index (κ3) is 4.87. The van der Waals surface area contributed by atoms with Crippen LogP contribution in [0.5, 0.6) is 0 Å². The number of likely N-dealkylation sites (tertiary alicyclic amines) is 1. The molecule has 0 saturated carbocycles. The first-order valence-corrected chi connectivity index (χ1v) is 9.65. The van der Waals surface area contributed by atoms with Gasteiger partial charge in [0.15, 0.2) is 0 Å². The van der Waals surface area contributed by atoms with Crippen LogP contribution in [0, 0.1) is 6.92 Å². The molecule has 0 aromatic heterocycles. The van der Waals surface area contributed by atoms with Gasteiger partial charge in [0.25, 0.3) is 0 Å². The van der Waals surface area contributed by atoms with Gasteiger partial charge in [-0.15, -0.1) is 0 Å². The lowest BCUT2D eigenvalue weighted by Crippen LogP contribution is -2.52.